The van der Waals surface area contributed by atoms with Crippen LogP contribution in [0.2, 0.25) is 5.02 Å². The Morgan fingerprint density at radius 1 is 1.30 bits per heavy atom. The Morgan fingerprint density at radius 2 is 2.00 bits per heavy atom. The summed E-state index contributed by atoms with van der Waals surface area (Å²) in [5.41, 5.74) is 0.590. The van der Waals surface area contributed by atoms with E-state index in [0.29, 0.717) is 28.8 Å². The van der Waals surface area contributed by atoms with Crippen molar-refractivity contribution in [3.05, 3.63) is 34.6 Å². The Kier molecular flexibility index (Phi) is 5.05. The van der Waals surface area contributed by atoms with Gasteiger partial charge in [-0.1, -0.05) is 24.6 Å². The maximum Gasteiger partial charge on any atom is 0.127 e. The zero-order chi connectivity index (χ0) is 14.9. The van der Waals surface area contributed by atoms with Gasteiger partial charge < -0.3 is 10.1 Å². The van der Waals surface area contributed by atoms with Crippen LogP contribution in [0.4, 0.5) is 4.39 Å². The first-order chi connectivity index (χ1) is 9.45. The fourth-order valence-corrected chi connectivity index (χ4v) is 3.61. The van der Waals surface area contributed by atoms with Crippen molar-refractivity contribution in [3.63, 3.8) is 0 Å². The molecule has 20 heavy (non-hydrogen) atoms. The molecule has 1 aromatic carbocycles. The molecule has 1 aliphatic rings. The van der Waals surface area contributed by atoms with Gasteiger partial charge in [0.2, 0.25) is 0 Å². The third-order valence-electron chi connectivity index (χ3n) is 4.64. The zero-order valence-electron chi connectivity index (χ0n) is 12.5. The zero-order valence-corrected chi connectivity index (χ0v) is 13.2. The van der Waals surface area contributed by atoms with Crippen LogP contribution in [-0.2, 0) is 11.2 Å². The first-order valence-corrected chi connectivity index (χ1v) is 7.59. The highest BCUT2D eigenvalue weighted by molar-refractivity contribution is 6.31. The van der Waals surface area contributed by atoms with Crippen molar-refractivity contribution in [2.75, 3.05) is 7.05 Å². The molecule has 5 unspecified atom stereocenters. The standard InChI is InChI=1S/C16H23ClFNO/c1-9-10(2)20-11(3)16(9)15(19-4)8-12-13(17)6-5-7-14(12)18/h5-7,9-11,15-16,19H,8H2,1-4H3. The van der Waals surface area contributed by atoms with Crippen LogP contribution in [0.5, 0.6) is 0 Å². The van der Waals surface area contributed by atoms with E-state index in [-0.39, 0.29) is 24.1 Å². The van der Waals surface area contributed by atoms with Crippen LogP contribution in [0.25, 0.3) is 0 Å². The Balaban J connectivity index is 2.21. The molecule has 5 atom stereocenters. The van der Waals surface area contributed by atoms with Crippen LogP contribution in [0.3, 0.4) is 0 Å². The fraction of sp³-hybridized carbons (Fsp3) is 0.625. The number of rotatable bonds is 4. The number of likely N-dealkylation sites (N-methyl/N-ethyl adjacent to an activating group) is 1. The average Bonchev–Trinajstić information content (AvgIpc) is 2.64. The second kappa shape index (κ2) is 6.42. The van der Waals surface area contributed by atoms with E-state index in [9.17, 15) is 4.39 Å². The van der Waals surface area contributed by atoms with Gasteiger partial charge in [0, 0.05) is 22.5 Å². The van der Waals surface area contributed by atoms with Gasteiger partial charge >= 0.3 is 0 Å². The van der Waals surface area contributed by atoms with E-state index in [1.165, 1.54) is 6.07 Å². The second-order valence-electron chi connectivity index (χ2n) is 5.78. The van der Waals surface area contributed by atoms with Crippen LogP contribution in [0.15, 0.2) is 18.2 Å². The molecule has 0 saturated carbocycles. The topological polar surface area (TPSA) is 21.3 Å². The molecule has 0 spiro atoms. The maximum atomic E-state index is 14.0. The highest BCUT2D eigenvalue weighted by Crippen LogP contribution is 2.36. The minimum Gasteiger partial charge on any atom is -0.375 e. The molecule has 1 saturated heterocycles. The number of hydrogen-bond donors (Lipinski definition) is 1. The normalized spacial score (nSPS) is 31.5. The average molecular weight is 300 g/mol. The summed E-state index contributed by atoms with van der Waals surface area (Å²) in [6.45, 7) is 6.40. The van der Waals surface area contributed by atoms with E-state index in [0.717, 1.165) is 0 Å². The molecule has 1 N–H and O–H groups in total. The molecule has 112 valence electrons. The van der Waals surface area contributed by atoms with Crippen LogP contribution >= 0.6 is 11.6 Å². The van der Waals surface area contributed by atoms with E-state index < -0.39 is 0 Å². The molecule has 2 rings (SSSR count). The van der Waals surface area contributed by atoms with Gasteiger partial charge in [-0.3, -0.25) is 0 Å². The highest BCUT2D eigenvalue weighted by Gasteiger charge is 2.41. The summed E-state index contributed by atoms with van der Waals surface area (Å²) in [4.78, 5) is 0. The predicted octanol–water partition coefficient (Wildman–Crippen LogP) is 3.67. The third-order valence-corrected chi connectivity index (χ3v) is 4.99. The van der Waals surface area contributed by atoms with Gasteiger partial charge in [0.25, 0.3) is 0 Å². The van der Waals surface area contributed by atoms with Gasteiger partial charge in [0.05, 0.1) is 12.2 Å². The van der Waals surface area contributed by atoms with E-state index in [2.05, 4.69) is 26.1 Å². The molecule has 1 heterocycles. The van der Waals surface area contributed by atoms with Crippen LogP contribution in [-0.4, -0.2) is 25.3 Å². The quantitative estimate of drug-likeness (QED) is 0.916. The van der Waals surface area contributed by atoms with E-state index in [4.69, 9.17) is 16.3 Å². The number of ether oxygens (including phenoxy) is 1. The SMILES string of the molecule is CNC(Cc1c(F)cccc1Cl)C1C(C)OC(C)C1C. The van der Waals surface area contributed by atoms with Gasteiger partial charge in [0.1, 0.15) is 5.82 Å². The van der Waals surface area contributed by atoms with Crippen LogP contribution < -0.4 is 5.32 Å². The molecular formula is C16H23ClFNO. The van der Waals surface area contributed by atoms with E-state index >= 15 is 0 Å². The molecule has 0 bridgehead atoms. The van der Waals surface area contributed by atoms with Gasteiger partial charge in [-0.05, 0) is 45.4 Å². The molecule has 1 aliphatic heterocycles. The third kappa shape index (κ3) is 3.00. The minimum atomic E-state index is -0.231. The largest absolute Gasteiger partial charge is 0.375 e. The molecule has 1 aromatic rings. The molecule has 0 radical (unpaired) electrons. The molecule has 0 amide bonds. The predicted molar refractivity (Wildman–Crippen MR) is 80.6 cm³/mol. The number of hydrogen-bond acceptors (Lipinski definition) is 2. The number of halogens is 2. The lowest BCUT2D eigenvalue weighted by atomic mass is 9.81. The fourth-order valence-electron chi connectivity index (χ4n) is 3.37. The van der Waals surface area contributed by atoms with Gasteiger partial charge in [-0.2, -0.15) is 0 Å². The van der Waals surface area contributed by atoms with Crippen molar-refractivity contribution < 1.29 is 9.13 Å². The lowest BCUT2D eigenvalue weighted by molar-refractivity contribution is 0.0478. The summed E-state index contributed by atoms with van der Waals surface area (Å²) in [6, 6.07) is 5.00. The summed E-state index contributed by atoms with van der Waals surface area (Å²) >= 11 is 6.14. The first-order valence-electron chi connectivity index (χ1n) is 7.21. The Bertz CT molecular complexity index is 448. The van der Waals surface area contributed by atoms with E-state index in [1.54, 1.807) is 12.1 Å². The number of benzene rings is 1. The van der Waals surface area contributed by atoms with Gasteiger partial charge in [-0.25, -0.2) is 4.39 Å². The second-order valence-corrected chi connectivity index (χ2v) is 6.19. The first kappa shape index (κ1) is 15.7. The Morgan fingerprint density at radius 3 is 2.50 bits per heavy atom. The molecule has 4 heteroatoms. The summed E-state index contributed by atoms with van der Waals surface area (Å²) in [6.07, 6.45) is 0.988. The highest BCUT2D eigenvalue weighted by atomic mass is 35.5. The van der Waals surface area contributed by atoms with Crippen molar-refractivity contribution in [1.29, 1.82) is 0 Å². The molecule has 0 aliphatic carbocycles. The maximum absolute atomic E-state index is 14.0. The molecule has 1 fully saturated rings. The Hall–Kier alpha value is -0.640. The molecule has 2 nitrogen and oxygen atoms in total. The molecule has 0 aromatic heterocycles. The smallest absolute Gasteiger partial charge is 0.127 e. The Labute approximate surface area is 125 Å². The van der Waals surface area contributed by atoms with Crippen LogP contribution in [0.1, 0.15) is 26.3 Å². The van der Waals surface area contributed by atoms with Crippen molar-refractivity contribution in [2.24, 2.45) is 11.8 Å². The minimum absolute atomic E-state index is 0.152. The lowest BCUT2D eigenvalue weighted by Gasteiger charge is -2.29. The monoisotopic (exact) mass is 299 g/mol. The van der Waals surface area contributed by atoms with Gasteiger partial charge in [0.15, 0.2) is 0 Å². The van der Waals surface area contributed by atoms with E-state index in [1.807, 2.05) is 7.05 Å². The van der Waals surface area contributed by atoms with Crippen molar-refractivity contribution >= 4 is 11.6 Å². The number of nitrogens with one attached hydrogen (secondary N) is 1. The van der Waals surface area contributed by atoms with Crippen molar-refractivity contribution in [1.82, 2.24) is 5.32 Å². The summed E-state index contributed by atoms with van der Waals surface area (Å²) in [7, 11) is 1.92. The summed E-state index contributed by atoms with van der Waals surface area (Å²) < 4.78 is 19.9. The van der Waals surface area contributed by atoms with Crippen molar-refractivity contribution in [3.8, 4) is 0 Å². The van der Waals surface area contributed by atoms with Crippen LogP contribution in [0, 0.1) is 17.7 Å². The molecular weight excluding hydrogens is 277 g/mol. The summed E-state index contributed by atoms with van der Waals surface area (Å²) in [5, 5.41) is 3.82. The summed E-state index contributed by atoms with van der Waals surface area (Å²) in [5.74, 6) is 0.559. The van der Waals surface area contributed by atoms with Crippen molar-refractivity contribution in [2.45, 2.75) is 45.4 Å². The van der Waals surface area contributed by atoms with Gasteiger partial charge in [-0.15, -0.1) is 0 Å². The lowest BCUT2D eigenvalue weighted by Crippen LogP contribution is -2.41.